The number of aryl methyl sites for hydroxylation is 1. The van der Waals surface area contributed by atoms with Gasteiger partial charge in [0.05, 0.1) is 5.92 Å². The molecule has 2 amide bonds. The zero-order chi connectivity index (χ0) is 17.3. The summed E-state index contributed by atoms with van der Waals surface area (Å²) in [7, 11) is 1.84. The fourth-order valence-electron chi connectivity index (χ4n) is 3.96. The van der Waals surface area contributed by atoms with Gasteiger partial charge in [-0.3, -0.25) is 9.59 Å². The lowest BCUT2D eigenvalue weighted by molar-refractivity contribution is -0.134. The van der Waals surface area contributed by atoms with Gasteiger partial charge in [-0.25, -0.2) is 0 Å². The summed E-state index contributed by atoms with van der Waals surface area (Å²) < 4.78 is 1.01. The summed E-state index contributed by atoms with van der Waals surface area (Å²) in [5, 5.41) is 0. The Labute approximate surface area is 152 Å². The van der Waals surface area contributed by atoms with E-state index in [9.17, 15) is 9.59 Å². The molecule has 1 saturated carbocycles. The minimum absolute atomic E-state index is 0.0779. The van der Waals surface area contributed by atoms with E-state index in [1.165, 1.54) is 0 Å². The summed E-state index contributed by atoms with van der Waals surface area (Å²) in [6.07, 6.45) is 5.58. The van der Waals surface area contributed by atoms with Gasteiger partial charge in [0.15, 0.2) is 0 Å². The molecule has 1 aliphatic carbocycles. The molecule has 2 fully saturated rings. The quantitative estimate of drug-likeness (QED) is 0.782. The van der Waals surface area contributed by atoms with Crippen LogP contribution in [0.1, 0.15) is 44.1 Å². The first kappa shape index (κ1) is 17.5. The van der Waals surface area contributed by atoms with Gasteiger partial charge in [0.1, 0.15) is 0 Å². The molecule has 2 aliphatic rings. The van der Waals surface area contributed by atoms with Crippen molar-refractivity contribution in [2.75, 3.05) is 18.5 Å². The highest BCUT2D eigenvalue weighted by atomic mass is 79.9. The van der Waals surface area contributed by atoms with Gasteiger partial charge in [-0.05, 0) is 43.9 Å². The molecule has 1 aliphatic heterocycles. The minimum atomic E-state index is -0.0779. The van der Waals surface area contributed by atoms with Gasteiger partial charge in [-0.15, -0.1) is 0 Å². The Morgan fingerprint density at radius 1 is 1.25 bits per heavy atom. The molecule has 1 saturated heterocycles. The van der Waals surface area contributed by atoms with Crippen molar-refractivity contribution in [2.45, 2.75) is 51.5 Å². The van der Waals surface area contributed by atoms with Gasteiger partial charge in [0, 0.05) is 36.2 Å². The molecule has 130 valence electrons. The second-order valence-corrected chi connectivity index (χ2v) is 7.83. The molecule has 1 heterocycles. The van der Waals surface area contributed by atoms with E-state index in [1.54, 1.807) is 4.90 Å². The Kier molecular flexibility index (Phi) is 5.28. The van der Waals surface area contributed by atoms with Crippen LogP contribution >= 0.6 is 15.9 Å². The fraction of sp³-hybridized carbons (Fsp3) is 0.579. The molecule has 0 bridgehead atoms. The van der Waals surface area contributed by atoms with Crippen LogP contribution in [0.5, 0.6) is 0 Å². The van der Waals surface area contributed by atoms with Crippen molar-refractivity contribution in [1.29, 1.82) is 0 Å². The van der Waals surface area contributed by atoms with Crippen LogP contribution in [0, 0.1) is 12.8 Å². The topological polar surface area (TPSA) is 40.6 Å². The molecule has 5 heteroatoms. The monoisotopic (exact) mass is 392 g/mol. The van der Waals surface area contributed by atoms with Crippen LogP contribution < -0.4 is 4.90 Å². The van der Waals surface area contributed by atoms with Crippen LogP contribution in [-0.4, -0.2) is 36.3 Å². The highest BCUT2D eigenvalue weighted by Gasteiger charge is 2.39. The molecule has 3 rings (SSSR count). The number of hydrogen-bond acceptors (Lipinski definition) is 2. The average molecular weight is 393 g/mol. The Balaban J connectivity index is 1.80. The molecule has 4 nitrogen and oxygen atoms in total. The zero-order valence-electron chi connectivity index (χ0n) is 14.4. The summed E-state index contributed by atoms with van der Waals surface area (Å²) in [5.41, 5.74) is 2.05. The van der Waals surface area contributed by atoms with Gasteiger partial charge in [-0.2, -0.15) is 0 Å². The van der Waals surface area contributed by atoms with Crippen LogP contribution in [0.25, 0.3) is 0 Å². The normalized spacial score (nSPS) is 24.3. The maximum absolute atomic E-state index is 13.1. The number of carbonyl (C=O) groups is 2. The van der Waals surface area contributed by atoms with E-state index >= 15 is 0 Å². The number of rotatable bonds is 3. The molecular formula is C19H25BrN2O2. The summed E-state index contributed by atoms with van der Waals surface area (Å²) >= 11 is 3.54. The van der Waals surface area contributed by atoms with Crippen LogP contribution in [0.4, 0.5) is 5.69 Å². The van der Waals surface area contributed by atoms with Crippen LogP contribution in [0.15, 0.2) is 22.7 Å². The zero-order valence-corrected chi connectivity index (χ0v) is 16.0. The molecule has 0 N–H and O–H groups in total. The minimum Gasteiger partial charge on any atom is -0.339 e. The summed E-state index contributed by atoms with van der Waals surface area (Å²) in [6, 6.07) is 6.08. The lowest BCUT2D eigenvalue weighted by Crippen LogP contribution is -2.49. The Morgan fingerprint density at radius 2 is 2.00 bits per heavy atom. The third-order valence-corrected chi connectivity index (χ3v) is 6.28. The number of halogens is 1. The summed E-state index contributed by atoms with van der Waals surface area (Å²) in [4.78, 5) is 29.0. The third kappa shape index (κ3) is 3.37. The molecule has 1 aromatic rings. The maximum Gasteiger partial charge on any atom is 0.231 e. The number of anilines is 1. The maximum atomic E-state index is 13.1. The summed E-state index contributed by atoms with van der Waals surface area (Å²) in [6.45, 7) is 2.85. The predicted molar refractivity (Wildman–Crippen MR) is 99.0 cm³/mol. The Bertz CT molecular complexity index is 646. The number of carbonyl (C=O) groups excluding carboxylic acids is 2. The van der Waals surface area contributed by atoms with E-state index in [0.29, 0.717) is 6.42 Å². The van der Waals surface area contributed by atoms with E-state index in [4.69, 9.17) is 0 Å². The standard InChI is InChI=1S/C19H25BrN2O2/c1-13-9-10-14(12-16(13)20)21(2)19(24)15-6-3-4-7-17(15)22-11-5-8-18(22)23/h9-10,12,15,17H,3-8,11H2,1-2H3/t15-,17+/m1/s1. The molecular weight excluding hydrogens is 368 g/mol. The van der Waals surface area contributed by atoms with Gasteiger partial charge in [0.25, 0.3) is 0 Å². The molecule has 2 atom stereocenters. The highest BCUT2D eigenvalue weighted by Crippen LogP contribution is 2.33. The first-order valence-corrected chi connectivity index (χ1v) is 9.61. The van der Waals surface area contributed by atoms with Crippen molar-refractivity contribution in [1.82, 2.24) is 4.90 Å². The second kappa shape index (κ2) is 7.26. The van der Waals surface area contributed by atoms with Crippen molar-refractivity contribution in [3.8, 4) is 0 Å². The highest BCUT2D eigenvalue weighted by molar-refractivity contribution is 9.10. The lowest BCUT2D eigenvalue weighted by Gasteiger charge is -2.38. The predicted octanol–water partition coefficient (Wildman–Crippen LogP) is 3.90. The summed E-state index contributed by atoms with van der Waals surface area (Å²) in [5.74, 6) is 0.279. The largest absolute Gasteiger partial charge is 0.339 e. The molecule has 1 aromatic carbocycles. The molecule has 0 spiro atoms. The number of nitrogens with zero attached hydrogens (tertiary/aromatic N) is 2. The van der Waals surface area contributed by atoms with Crippen LogP contribution in [0.2, 0.25) is 0 Å². The van der Waals surface area contributed by atoms with E-state index in [1.807, 2.05) is 37.1 Å². The van der Waals surface area contributed by atoms with E-state index in [2.05, 4.69) is 15.9 Å². The van der Waals surface area contributed by atoms with Gasteiger partial charge in [0.2, 0.25) is 11.8 Å². The molecule has 24 heavy (non-hydrogen) atoms. The van der Waals surface area contributed by atoms with Gasteiger partial charge >= 0.3 is 0 Å². The third-order valence-electron chi connectivity index (χ3n) is 5.43. The number of amides is 2. The van der Waals surface area contributed by atoms with E-state index in [-0.39, 0.29) is 23.8 Å². The number of benzene rings is 1. The van der Waals surface area contributed by atoms with Crippen LogP contribution in [0.3, 0.4) is 0 Å². The van der Waals surface area contributed by atoms with E-state index in [0.717, 1.165) is 54.4 Å². The van der Waals surface area contributed by atoms with Gasteiger partial charge < -0.3 is 9.80 Å². The Hall–Kier alpha value is -1.36. The smallest absolute Gasteiger partial charge is 0.231 e. The van der Waals surface area contributed by atoms with Crippen molar-refractivity contribution >= 4 is 33.4 Å². The van der Waals surface area contributed by atoms with Crippen molar-refractivity contribution < 1.29 is 9.59 Å². The molecule has 0 radical (unpaired) electrons. The molecule has 0 aromatic heterocycles. The average Bonchev–Trinajstić information content (AvgIpc) is 3.02. The number of likely N-dealkylation sites (tertiary alicyclic amines) is 1. The van der Waals surface area contributed by atoms with Gasteiger partial charge in [-0.1, -0.05) is 34.8 Å². The Morgan fingerprint density at radius 3 is 2.67 bits per heavy atom. The molecule has 0 unspecified atom stereocenters. The van der Waals surface area contributed by atoms with Crippen molar-refractivity contribution in [3.05, 3.63) is 28.2 Å². The van der Waals surface area contributed by atoms with Crippen LogP contribution in [-0.2, 0) is 9.59 Å². The van der Waals surface area contributed by atoms with Crippen molar-refractivity contribution in [2.24, 2.45) is 5.92 Å². The first-order valence-electron chi connectivity index (χ1n) is 8.82. The van der Waals surface area contributed by atoms with E-state index < -0.39 is 0 Å². The van der Waals surface area contributed by atoms with Crippen molar-refractivity contribution in [3.63, 3.8) is 0 Å². The number of hydrogen-bond donors (Lipinski definition) is 0. The fourth-order valence-corrected chi connectivity index (χ4v) is 4.33. The first-order chi connectivity index (χ1) is 11.5. The SMILES string of the molecule is Cc1ccc(N(C)C(=O)[C@@H]2CCCC[C@@H]2N2CCCC2=O)cc1Br. The lowest BCUT2D eigenvalue weighted by atomic mass is 9.82. The second-order valence-electron chi connectivity index (χ2n) is 6.98.